The van der Waals surface area contributed by atoms with Crippen molar-refractivity contribution in [2.45, 2.75) is 45.2 Å². The molecule has 1 unspecified atom stereocenters. The fourth-order valence-corrected chi connectivity index (χ4v) is 2.66. The second-order valence-corrected chi connectivity index (χ2v) is 5.75. The van der Waals surface area contributed by atoms with Crippen molar-refractivity contribution in [3.8, 4) is 5.75 Å². The van der Waals surface area contributed by atoms with Crippen LogP contribution in [0.5, 0.6) is 5.75 Å². The van der Waals surface area contributed by atoms with Gasteiger partial charge in [-0.3, -0.25) is 0 Å². The van der Waals surface area contributed by atoms with Gasteiger partial charge in [0, 0.05) is 19.1 Å². The quantitative estimate of drug-likeness (QED) is 0.739. The van der Waals surface area contributed by atoms with Crippen molar-refractivity contribution >= 4 is 0 Å². The zero-order valence-electron chi connectivity index (χ0n) is 12.9. The average Bonchev–Trinajstić information content (AvgIpc) is 2.87. The molecule has 3 heteroatoms. The van der Waals surface area contributed by atoms with Crippen LogP contribution in [0.25, 0.3) is 0 Å². The number of unbranched alkanes of at least 4 members (excludes halogenated alkanes) is 1. The van der Waals surface area contributed by atoms with E-state index >= 15 is 0 Å². The maximum atomic E-state index is 5.67. The first-order valence-electron chi connectivity index (χ1n) is 7.92. The van der Waals surface area contributed by atoms with Crippen molar-refractivity contribution in [3.05, 3.63) is 29.8 Å². The largest absolute Gasteiger partial charge is 0.494 e. The van der Waals surface area contributed by atoms with Gasteiger partial charge in [-0.1, -0.05) is 25.5 Å². The molecule has 0 saturated carbocycles. The summed E-state index contributed by atoms with van der Waals surface area (Å²) in [6.45, 7) is 6.28. The van der Waals surface area contributed by atoms with E-state index in [-0.39, 0.29) is 0 Å². The van der Waals surface area contributed by atoms with Crippen LogP contribution in [0.2, 0.25) is 0 Å². The van der Waals surface area contributed by atoms with Gasteiger partial charge in [-0.2, -0.15) is 0 Å². The van der Waals surface area contributed by atoms with Gasteiger partial charge in [0.05, 0.1) is 6.61 Å². The molecule has 112 valence electrons. The van der Waals surface area contributed by atoms with Crippen LogP contribution in [0.3, 0.4) is 0 Å². The zero-order chi connectivity index (χ0) is 14.2. The summed E-state index contributed by atoms with van der Waals surface area (Å²) in [5.74, 6) is 0.984. The highest BCUT2D eigenvalue weighted by Gasteiger charge is 2.19. The smallest absolute Gasteiger partial charge is 0.119 e. The SMILES string of the molecule is CCCCOc1ccc(CNCC2CCCN2C)cc1. The molecule has 0 bridgehead atoms. The van der Waals surface area contributed by atoms with E-state index in [0.29, 0.717) is 6.04 Å². The van der Waals surface area contributed by atoms with Gasteiger partial charge in [-0.15, -0.1) is 0 Å². The van der Waals surface area contributed by atoms with Crippen molar-refractivity contribution in [3.63, 3.8) is 0 Å². The highest BCUT2D eigenvalue weighted by atomic mass is 16.5. The number of hydrogen-bond acceptors (Lipinski definition) is 3. The first-order chi connectivity index (χ1) is 9.79. The maximum absolute atomic E-state index is 5.67. The van der Waals surface area contributed by atoms with E-state index in [1.54, 1.807) is 0 Å². The third-order valence-electron chi connectivity index (χ3n) is 4.07. The first kappa shape index (κ1) is 15.3. The third kappa shape index (κ3) is 4.80. The molecule has 0 radical (unpaired) electrons. The van der Waals surface area contributed by atoms with Crippen molar-refractivity contribution in [2.24, 2.45) is 0 Å². The Balaban J connectivity index is 1.68. The van der Waals surface area contributed by atoms with E-state index in [1.807, 2.05) is 0 Å². The molecule has 1 N–H and O–H groups in total. The summed E-state index contributed by atoms with van der Waals surface area (Å²) in [6, 6.07) is 9.19. The molecule has 1 aromatic rings. The molecule has 1 aliphatic heterocycles. The van der Waals surface area contributed by atoms with Crippen molar-refractivity contribution in [1.29, 1.82) is 0 Å². The van der Waals surface area contributed by atoms with E-state index in [2.05, 4.69) is 48.5 Å². The fourth-order valence-electron chi connectivity index (χ4n) is 2.66. The minimum Gasteiger partial charge on any atom is -0.494 e. The van der Waals surface area contributed by atoms with Gasteiger partial charge in [0.2, 0.25) is 0 Å². The summed E-state index contributed by atoms with van der Waals surface area (Å²) in [4.78, 5) is 2.46. The number of rotatable bonds is 8. The van der Waals surface area contributed by atoms with Crippen LogP contribution in [0, 0.1) is 0 Å². The fraction of sp³-hybridized carbons (Fsp3) is 0.647. The van der Waals surface area contributed by atoms with Crippen LogP contribution in [-0.4, -0.2) is 37.7 Å². The average molecular weight is 276 g/mol. The Morgan fingerprint density at radius 3 is 2.75 bits per heavy atom. The predicted octanol–water partition coefficient (Wildman–Crippen LogP) is 3.05. The van der Waals surface area contributed by atoms with E-state index in [4.69, 9.17) is 4.74 Å². The van der Waals surface area contributed by atoms with Gasteiger partial charge in [0.25, 0.3) is 0 Å². The molecule has 0 amide bonds. The highest BCUT2D eigenvalue weighted by molar-refractivity contribution is 5.27. The predicted molar refractivity (Wildman–Crippen MR) is 84.2 cm³/mol. The molecular weight excluding hydrogens is 248 g/mol. The number of ether oxygens (including phenoxy) is 1. The molecule has 0 spiro atoms. The lowest BCUT2D eigenvalue weighted by Crippen LogP contribution is -2.35. The number of nitrogens with one attached hydrogen (secondary N) is 1. The minimum atomic E-state index is 0.714. The third-order valence-corrected chi connectivity index (χ3v) is 4.07. The molecule has 20 heavy (non-hydrogen) atoms. The van der Waals surface area contributed by atoms with Gasteiger partial charge in [-0.05, 0) is 50.6 Å². The Morgan fingerprint density at radius 2 is 2.10 bits per heavy atom. The molecule has 1 atom stereocenters. The normalized spacial score (nSPS) is 19.4. The molecule has 0 aliphatic carbocycles. The summed E-state index contributed by atoms with van der Waals surface area (Å²) < 4.78 is 5.67. The summed E-state index contributed by atoms with van der Waals surface area (Å²) in [5, 5.41) is 3.56. The van der Waals surface area contributed by atoms with Crippen LogP contribution in [0.1, 0.15) is 38.2 Å². The maximum Gasteiger partial charge on any atom is 0.119 e. The standard InChI is InChI=1S/C17H28N2O/c1-3-4-12-20-17-9-7-15(8-10-17)13-18-14-16-6-5-11-19(16)2/h7-10,16,18H,3-6,11-14H2,1-2H3. The van der Waals surface area contributed by atoms with Gasteiger partial charge in [0.1, 0.15) is 5.75 Å². The Morgan fingerprint density at radius 1 is 1.30 bits per heavy atom. The summed E-state index contributed by atoms with van der Waals surface area (Å²) in [7, 11) is 2.22. The van der Waals surface area contributed by atoms with E-state index in [0.717, 1.165) is 31.9 Å². The molecule has 1 fully saturated rings. The molecule has 1 saturated heterocycles. The Labute approximate surface area is 123 Å². The molecule has 1 aromatic carbocycles. The van der Waals surface area contributed by atoms with Crippen molar-refractivity contribution < 1.29 is 4.74 Å². The molecular formula is C17H28N2O. The van der Waals surface area contributed by atoms with E-state index < -0.39 is 0 Å². The molecule has 1 aliphatic rings. The summed E-state index contributed by atoms with van der Waals surface area (Å²) in [5.41, 5.74) is 1.33. The van der Waals surface area contributed by atoms with Gasteiger partial charge in [0.15, 0.2) is 0 Å². The number of nitrogens with zero attached hydrogens (tertiary/aromatic N) is 1. The highest BCUT2D eigenvalue weighted by Crippen LogP contribution is 2.15. The topological polar surface area (TPSA) is 24.5 Å². The van der Waals surface area contributed by atoms with Gasteiger partial charge >= 0.3 is 0 Å². The van der Waals surface area contributed by atoms with Crippen LogP contribution in [0.4, 0.5) is 0 Å². The zero-order valence-corrected chi connectivity index (χ0v) is 12.9. The lowest BCUT2D eigenvalue weighted by Gasteiger charge is -2.19. The van der Waals surface area contributed by atoms with Crippen molar-refractivity contribution in [2.75, 3.05) is 26.7 Å². The molecule has 1 heterocycles. The van der Waals surface area contributed by atoms with E-state index in [1.165, 1.54) is 31.4 Å². The summed E-state index contributed by atoms with van der Waals surface area (Å²) >= 11 is 0. The van der Waals surface area contributed by atoms with Crippen LogP contribution in [0.15, 0.2) is 24.3 Å². The van der Waals surface area contributed by atoms with E-state index in [9.17, 15) is 0 Å². The Hall–Kier alpha value is -1.06. The second kappa shape index (κ2) is 8.28. The number of likely N-dealkylation sites (tertiary alicyclic amines) is 1. The summed E-state index contributed by atoms with van der Waals surface area (Å²) in [6.07, 6.45) is 4.97. The second-order valence-electron chi connectivity index (χ2n) is 5.75. The lowest BCUT2D eigenvalue weighted by atomic mass is 10.2. The van der Waals surface area contributed by atoms with Crippen LogP contribution < -0.4 is 10.1 Å². The van der Waals surface area contributed by atoms with Gasteiger partial charge in [-0.25, -0.2) is 0 Å². The number of hydrogen-bond donors (Lipinski definition) is 1. The number of likely N-dealkylation sites (N-methyl/N-ethyl adjacent to an activating group) is 1. The number of benzene rings is 1. The minimum absolute atomic E-state index is 0.714. The van der Waals surface area contributed by atoms with Crippen LogP contribution in [-0.2, 0) is 6.54 Å². The Kier molecular flexibility index (Phi) is 6.34. The van der Waals surface area contributed by atoms with Gasteiger partial charge < -0.3 is 15.0 Å². The Bertz CT molecular complexity index is 377. The molecule has 0 aromatic heterocycles. The van der Waals surface area contributed by atoms with Crippen molar-refractivity contribution in [1.82, 2.24) is 10.2 Å². The molecule has 3 nitrogen and oxygen atoms in total. The lowest BCUT2D eigenvalue weighted by molar-refractivity contribution is 0.300. The first-order valence-corrected chi connectivity index (χ1v) is 7.92. The monoisotopic (exact) mass is 276 g/mol. The van der Waals surface area contributed by atoms with Crippen LogP contribution >= 0.6 is 0 Å². The molecule has 2 rings (SSSR count).